The quantitative estimate of drug-likeness (QED) is 0.688. The molecule has 1 saturated carbocycles. The zero-order chi connectivity index (χ0) is 22.8. The van der Waals surface area contributed by atoms with Gasteiger partial charge in [-0.2, -0.15) is 0 Å². The van der Waals surface area contributed by atoms with Crippen LogP contribution in [0.1, 0.15) is 46.0 Å². The van der Waals surface area contributed by atoms with Gasteiger partial charge in [-0.05, 0) is 75.2 Å². The number of nitrogens with one attached hydrogen (secondary N) is 2. The number of hydrogen-bond acceptors (Lipinski definition) is 3. The van der Waals surface area contributed by atoms with E-state index in [0.29, 0.717) is 12.1 Å². The number of nitrogens with zero attached hydrogens (tertiary/aromatic N) is 1. The average molecular weight is 422 g/mol. The van der Waals surface area contributed by atoms with Crippen LogP contribution in [-0.2, 0) is 16.6 Å². The summed E-state index contributed by atoms with van der Waals surface area (Å²) < 4.78 is 0. The topological polar surface area (TPSA) is 61.4 Å². The summed E-state index contributed by atoms with van der Waals surface area (Å²) in [6, 6.07) is 14.4. The molecular weight excluding hydrogens is 386 g/mol. The van der Waals surface area contributed by atoms with Gasteiger partial charge in [0.25, 0.3) is 5.91 Å². The first-order valence-corrected chi connectivity index (χ1v) is 11.0. The summed E-state index contributed by atoms with van der Waals surface area (Å²) in [7, 11) is 5.74. The molecule has 2 amide bonds. The van der Waals surface area contributed by atoms with E-state index in [1.807, 2.05) is 44.4 Å². The lowest BCUT2D eigenvalue weighted by molar-refractivity contribution is -0.122. The SMILES string of the molecule is CNC(=O)c1cc(C)c(CC(CNC(=O)[C@@H]2C[C@]2(C)c2ccccc2)N(C)C)c(C)c1. The Morgan fingerprint density at radius 2 is 1.74 bits per heavy atom. The summed E-state index contributed by atoms with van der Waals surface area (Å²) in [5.41, 5.74) is 5.32. The molecule has 2 N–H and O–H groups in total. The van der Waals surface area contributed by atoms with E-state index in [2.05, 4.69) is 48.4 Å². The van der Waals surface area contributed by atoms with Crippen molar-refractivity contribution in [3.05, 3.63) is 70.3 Å². The van der Waals surface area contributed by atoms with Crippen molar-refractivity contribution in [1.82, 2.24) is 15.5 Å². The number of hydrogen-bond donors (Lipinski definition) is 2. The lowest BCUT2D eigenvalue weighted by Crippen LogP contribution is -2.42. The highest BCUT2D eigenvalue weighted by Crippen LogP contribution is 2.53. The predicted molar refractivity (Wildman–Crippen MR) is 125 cm³/mol. The number of likely N-dealkylation sites (N-methyl/N-ethyl adjacent to an activating group) is 1. The molecule has 0 bridgehead atoms. The molecular formula is C26H35N3O2. The summed E-state index contributed by atoms with van der Waals surface area (Å²) in [6.07, 6.45) is 1.72. The Balaban J connectivity index is 1.65. The summed E-state index contributed by atoms with van der Waals surface area (Å²) in [4.78, 5) is 27.0. The Bertz CT molecular complexity index is 931. The molecule has 0 spiro atoms. The molecule has 2 aromatic carbocycles. The molecule has 1 aliphatic carbocycles. The van der Waals surface area contributed by atoms with Crippen molar-refractivity contribution in [2.45, 2.75) is 45.1 Å². The third-order valence-electron chi connectivity index (χ3n) is 6.85. The molecule has 1 fully saturated rings. The van der Waals surface area contributed by atoms with Crippen LogP contribution in [0.15, 0.2) is 42.5 Å². The first-order valence-electron chi connectivity index (χ1n) is 11.0. The predicted octanol–water partition coefficient (Wildman–Crippen LogP) is 3.23. The van der Waals surface area contributed by atoms with Gasteiger partial charge in [0.2, 0.25) is 5.91 Å². The first kappa shape index (κ1) is 23.0. The monoisotopic (exact) mass is 421 g/mol. The highest BCUT2D eigenvalue weighted by Gasteiger charge is 2.55. The van der Waals surface area contributed by atoms with E-state index in [0.717, 1.165) is 24.0 Å². The molecule has 5 nitrogen and oxygen atoms in total. The summed E-state index contributed by atoms with van der Waals surface area (Å²) >= 11 is 0. The van der Waals surface area contributed by atoms with E-state index >= 15 is 0 Å². The van der Waals surface area contributed by atoms with Gasteiger partial charge in [-0.3, -0.25) is 9.59 Å². The van der Waals surface area contributed by atoms with Crippen molar-refractivity contribution < 1.29 is 9.59 Å². The van der Waals surface area contributed by atoms with Crippen LogP contribution >= 0.6 is 0 Å². The average Bonchev–Trinajstić information content (AvgIpc) is 3.45. The van der Waals surface area contributed by atoms with Crippen molar-refractivity contribution in [2.75, 3.05) is 27.7 Å². The van der Waals surface area contributed by atoms with Crippen molar-refractivity contribution in [2.24, 2.45) is 5.92 Å². The number of benzene rings is 2. The Hall–Kier alpha value is -2.66. The van der Waals surface area contributed by atoms with Gasteiger partial charge < -0.3 is 15.5 Å². The molecule has 0 radical (unpaired) electrons. The number of rotatable bonds is 8. The molecule has 0 saturated heterocycles. The van der Waals surface area contributed by atoms with E-state index in [-0.39, 0.29) is 29.2 Å². The maximum Gasteiger partial charge on any atom is 0.251 e. The second-order valence-corrected chi connectivity index (χ2v) is 9.27. The molecule has 0 heterocycles. The minimum Gasteiger partial charge on any atom is -0.355 e. The third-order valence-corrected chi connectivity index (χ3v) is 6.85. The Labute approximate surface area is 186 Å². The fourth-order valence-corrected chi connectivity index (χ4v) is 4.49. The minimum absolute atomic E-state index is 0.0352. The van der Waals surface area contributed by atoms with Crippen LogP contribution < -0.4 is 10.6 Å². The Kier molecular flexibility index (Phi) is 6.85. The first-order chi connectivity index (χ1) is 14.7. The van der Waals surface area contributed by atoms with Gasteiger partial charge in [0.1, 0.15) is 0 Å². The molecule has 3 atom stereocenters. The number of carbonyl (C=O) groups excluding carboxylic acids is 2. The minimum atomic E-state index is -0.0694. The van der Waals surface area contributed by atoms with Crippen LogP contribution in [0, 0.1) is 19.8 Å². The van der Waals surface area contributed by atoms with Crippen LogP contribution in [0.2, 0.25) is 0 Å². The molecule has 1 aliphatic rings. The van der Waals surface area contributed by atoms with Crippen LogP contribution in [0.4, 0.5) is 0 Å². The van der Waals surface area contributed by atoms with E-state index in [1.165, 1.54) is 11.1 Å². The van der Waals surface area contributed by atoms with Gasteiger partial charge in [-0.15, -0.1) is 0 Å². The fourth-order valence-electron chi connectivity index (χ4n) is 4.49. The largest absolute Gasteiger partial charge is 0.355 e. The lowest BCUT2D eigenvalue weighted by Gasteiger charge is -2.26. The van der Waals surface area contributed by atoms with Gasteiger partial charge in [0.15, 0.2) is 0 Å². The second kappa shape index (κ2) is 9.23. The van der Waals surface area contributed by atoms with Gasteiger partial charge in [0.05, 0.1) is 0 Å². The van der Waals surface area contributed by atoms with Crippen molar-refractivity contribution >= 4 is 11.8 Å². The van der Waals surface area contributed by atoms with E-state index in [1.54, 1.807) is 7.05 Å². The number of aryl methyl sites for hydroxylation is 2. The highest BCUT2D eigenvalue weighted by molar-refractivity contribution is 5.94. The van der Waals surface area contributed by atoms with E-state index in [4.69, 9.17) is 0 Å². The molecule has 5 heteroatoms. The zero-order valence-electron chi connectivity index (χ0n) is 19.6. The van der Waals surface area contributed by atoms with Crippen molar-refractivity contribution in [1.29, 1.82) is 0 Å². The molecule has 1 unspecified atom stereocenters. The van der Waals surface area contributed by atoms with E-state index < -0.39 is 0 Å². The molecule has 166 valence electrons. The number of carbonyl (C=O) groups is 2. The maximum absolute atomic E-state index is 12.9. The lowest BCUT2D eigenvalue weighted by atomic mass is 9.93. The Morgan fingerprint density at radius 1 is 1.13 bits per heavy atom. The van der Waals surface area contributed by atoms with Crippen LogP contribution in [-0.4, -0.2) is 50.4 Å². The Morgan fingerprint density at radius 3 is 2.29 bits per heavy atom. The molecule has 0 aromatic heterocycles. The normalized spacial score (nSPS) is 20.9. The van der Waals surface area contributed by atoms with Crippen molar-refractivity contribution in [3.63, 3.8) is 0 Å². The summed E-state index contributed by atoms with van der Waals surface area (Å²) in [5.74, 6) is 0.106. The third kappa shape index (κ3) is 4.99. The summed E-state index contributed by atoms with van der Waals surface area (Å²) in [5, 5.41) is 5.89. The van der Waals surface area contributed by atoms with Gasteiger partial charge in [-0.25, -0.2) is 0 Å². The molecule has 31 heavy (non-hydrogen) atoms. The highest BCUT2D eigenvalue weighted by atomic mass is 16.2. The number of amides is 2. The molecule has 2 aromatic rings. The summed E-state index contributed by atoms with van der Waals surface area (Å²) in [6.45, 7) is 6.88. The van der Waals surface area contributed by atoms with E-state index in [9.17, 15) is 9.59 Å². The zero-order valence-corrected chi connectivity index (χ0v) is 19.6. The van der Waals surface area contributed by atoms with Crippen LogP contribution in [0.25, 0.3) is 0 Å². The van der Waals surface area contributed by atoms with Gasteiger partial charge in [-0.1, -0.05) is 37.3 Å². The molecule has 0 aliphatic heterocycles. The molecule has 3 rings (SSSR count). The standard InChI is InChI=1S/C26H35N3O2/c1-17-12-19(24(30)27-4)13-18(2)22(17)14-21(29(5)6)16-28-25(31)23-15-26(23,3)20-10-8-7-9-11-20/h7-13,21,23H,14-16H2,1-6H3,(H,27,30)(H,28,31)/t21?,23-,26+/m0/s1. The van der Waals surface area contributed by atoms with Gasteiger partial charge in [0, 0.05) is 36.5 Å². The smallest absolute Gasteiger partial charge is 0.251 e. The van der Waals surface area contributed by atoms with Crippen LogP contribution in [0.3, 0.4) is 0 Å². The van der Waals surface area contributed by atoms with Gasteiger partial charge >= 0.3 is 0 Å². The van der Waals surface area contributed by atoms with Crippen LogP contribution in [0.5, 0.6) is 0 Å². The second-order valence-electron chi connectivity index (χ2n) is 9.27. The van der Waals surface area contributed by atoms with Crippen molar-refractivity contribution in [3.8, 4) is 0 Å². The fraction of sp³-hybridized carbons (Fsp3) is 0.462. The maximum atomic E-state index is 12.9.